The van der Waals surface area contributed by atoms with Gasteiger partial charge in [-0.2, -0.15) is 0 Å². The SMILES string of the molecule is CCCNC1CCc2c(OCC3CCC3)cccc21. The molecule has 2 heteroatoms. The second kappa shape index (κ2) is 5.96. The molecular weight excluding hydrogens is 234 g/mol. The van der Waals surface area contributed by atoms with Gasteiger partial charge in [-0.15, -0.1) is 0 Å². The molecule has 2 aliphatic carbocycles. The van der Waals surface area contributed by atoms with Crippen LogP contribution in [0.2, 0.25) is 0 Å². The van der Waals surface area contributed by atoms with Gasteiger partial charge in [-0.3, -0.25) is 0 Å². The summed E-state index contributed by atoms with van der Waals surface area (Å²) < 4.78 is 6.08. The van der Waals surface area contributed by atoms with Gasteiger partial charge in [0.1, 0.15) is 5.75 Å². The summed E-state index contributed by atoms with van der Waals surface area (Å²) in [4.78, 5) is 0. The molecule has 0 heterocycles. The summed E-state index contributed by atoms with van der Waals surface area (Å²) >= 11 is 0. The second-order valence-corrected chi connectivity index (χ2v) is 5.98. The van der Waals surface area contributed by atoms with E-state index >= 15 is 0 Å². The Bertz CT molecular complexity index is 425. The second-order valence-electron chi connectivity index (χ2n) is 5.98. The Kier molecular flexibility index (Phi) is 4.07. The van der Waals surface area contributed by atoms with E-state index in [2.05, 4.69) is 30.4 Å². The molecule has 2 nitrogen and oxygen atoms in total. The molecule has 0 aliphatic heterocycles. The highest BCUT2D eigenvalue weighted by atomic mass is 16.5. The first kappa shape index (κ1) is 13.0. The molecule has 1 aromatic rings. The third-order valence-corrected chi connectivity index (χ3v) is 4.57. The van der Waals surface area contributed by atoms with E-state index in [4.69, 9.17) is 4.74 Å². The van der Waals surface area contributed by atoms with Crippen LogP contribution in [0.3, 0.4) is 0 Å². The van der Waals surface area contributed by atoms with Crippen molar-refractivity contribution in [3.05, 3.63) is 29.3 Å². The monoisotopic (exact) mass is 259 g/mol. The van der Waals surface area contributed by atoms with Crippen LogP contribution in [-0.4, -0.2) is 13.2 Å². The summed E-state index contributed by atoms with van der Waals surface area (Å²) in [5.74, 6) is 1.96. The molecular formula is C17H25NO. The zero-order valence-electron chi connectivity index (χ0n) is 12.0. The van der Waals surface area contributed by atoms with Gasteiger partial charge in [0.2, 0.25) is 0 Å². The number of hydrogen-bond donors (Lipinski definition) is 1. The van der Waals surface area contributed by atoms with Crippen LogP contribution in [-0.2, 0) is 6.42 Å². The zero-order chi connectivity index (χ0) is 13.1. The van der Waals surface area contributed by atoms with Gasteiger partial charge in [-0.05, 0) is 61.8 Å². The lowest BCUT2D eigenvalue weighted by molar-refractivity contribution is 0.179. The molecule has 1 aromatic carbocycles. The molecule has 19 heavy (non-hydrogen) atoms. The van der Waals surface area contributed by atoms with E-state index in [9.17, 15) is 0 Å². The molecule has 0 radical (unpaired) electrons. The minimum Gasteiger partial charge on any atom is -0.493 e. The lowest BCUT2D eigenvalue weighted by Crippen LogP contribution is -2.20. The van der Waals surface area contributed by atoms with Crippen molar-refractivity contribution in [3.8, 4) is 5.75 Å². The number of nitrogens with one attached hydrogen (secondary N) is 1. The average Bonchev–Trinajstić information content (AvgIpc) is 2.78. The fourth-order valence-corrected chi connectivity index (χ4v) is 3.15. The smallest absolute Gasteiger partial charge is 0.122 e. The number of ether oxygens (including phenoxy) is 1. The molecule has 2 aliphatic rings. The van der Waals surface area contributed by atoms with Crippen LogP contribution in [0.1, 0.15) is 56.2 Å². The van der Waals surface area contributed by atoms with Crippen molar-refractivity contribution in [2.45, 2.75) is 51.5 Å². The van der Waals surface area contributed by atoms with Crippen molar-refractivity contribution in [2.75, 3.05) is 13.2 Å². The molecule has 1 N–H and O–H groups in total. The average molecular weight is 259 g/mol. The van der Waals surface area contributed by atoms with Crippen LogP contribution in [0.15, 0.2) is 18.2 Å². The summed E-state index contributed by atoms with van der Waals surface area (Å²) in [6.45, 7) is 4.25. The van der Waals surface area contributed by atoms with Crippen molar-refractivity contribution in [3.63, 3.8) is 0 Å². The van der Waals surface area contributed by atoms with Crippen molar-refractivity contribution in [1.29, 1.82) is 0 Å². The highest BCUT2D eigenvalue weighted by Crippen LogP contribution is 2.37. The van der Waals surface area contributed by atoms with E-state index in [0.29, 0.717) is 6.04 Å². The van der Waals surface area contributed by atoms with Crippen molar-refractivity contribution >= 4 is 0 Å². The molecule has 1 saturated carbocycles. The van der Waals surface area contributed by atoms with E-state index in [1.807, 2.05) is 0 Å². The maximum absolute atomic E-state index is 6.08. The predicted octanol–water partition coefficient (Wildman–Crippen LogP) is 3.85. The fourth-order valence-electron chi connectivity index (χ4n) is 3.15. The first-order valence-corrected chi connectivity index (χ1v) is 7.86. The summed E-state index contributed by atoms with van der Waals surface area (Å²) in [5.41, 5.74) is 2.93. The lowest BCUT2D eigenvalue weighted by atomic mass is 9.86. The van der Waals surface area contributed by atoms with Crippen LogP contribution >= 0.6 is 0 Å². The molecule has 0 saturated heterocycles. The Morgan fingerprint density at radius 2 is 2.16 bits per heavy atom. The Morgan fingerprint density at radius 3 is 2.89 bits per heavy atom. The normalized spacial score (nSPS) is 22.1. The topological polar surface area (TPSA) is 21.3 Å². The van der Waals surface area contributed by atoms with Gasteiger partial charge in [-0.25, -0.2) is 0 Å². The highest BCUT2D eigenvalue weighted by molar-refractivity contribution is 5.45. The maximum atomic E-state index is 6.08. The number of rotatable bonds is 6. The van der Waals surface area contributed by atoms with Crippen molar-refractivity contribution < 1.29 is 4.74 Å². The minimum absolute atomic E-state index is 0.544. The lowest BCUT2D eigenvalue weighted by Gasteiger charge is -2.25. The molecule has 1 fully saturated rings. The van der Waals surface area contributed by atoms with Crippen LogP contribution < -0.4 is 10.1 Å². The quantitative estimate of drug-likeness (QED) is 0.837. The van der Waals surface area contributed by atoms with E-state index in [1.54, 1.807) is 0 Å². The molecule has 0 bridgehead atoms. The largest absolute Gasteiger partial charge is 0.493 e. The molecule has 1 unspecified atom stereocenters. The van der Waals surface area contributed by atoms with Crippen LogP contribution in [0.25, 0.3) is 0 Å². The van der Waals surface area contributed by atoms with Gasteiger partial charge in [0.05, 0.1) is 6.61 Å². The maximum Gasteiger partial charge on any atom is 0.122 e. The van der Waals surface area contributed by atoms with Gasteiger partial charge in [0, 0.05) is 6.04 Å². The molecule has 104 valence electrons. The Labute approximate surface area is 116 Å². The van der Waals surface area contributed by atoms with Gasteiger partial charge in [-0.1, -0.05) is 25.5 Å². The molecule has 1 atom stereocenters. The fraction of sp³-hybridized carbons (Fsp3) is 0.647. The third kappa shape index (κ3) is 2.79. The van der Waals surface area contributed by atoms with Crippen molar-refractivity contribution in [2.24, 2.45) is 5.92 Å². The van der Waals surface area contributed by atoms with Gasteiger partial charge >= 0.3 is 0 Å². The predicted molar refractivity (Wildman–Crippen MR) is 78.6 cm³/mol. The molecule has 3 rings (SSSR count). The van der Waals surface area contributed by atoms with Gasteiger partial charge in [0.25, 0.3) is 0 Å². The first-order chi connectivity index (χ1) is 9.38. The molecule has 0 aromatic heterocycles. The van der Waals surface area contributed by atoms with E-state index in [0.717, 1.165) is 31.2 Å². The Hall–Kier alpha value is -1.02. The summed E-state index contributed by atoms with van der Waals surface area (Å²) in [5, 5.41) is 3.65. The number of fused-ring (bicyclic) bond motifs is 1. The number of hydrogen-bond acceptors (Lipinski definition) is 2. The van der Waals surface area contributed by atoms with Crippen LogP contribution in [0, 0.1) is 5.92 Å². The van der Waals surface area contributed by atoms with Gasteiger partial charge in [0.15, 0.2) is 0 Å². The summed E-state index contributed by atoms with van der Waals surface area (Å²) in [6, 6.07) is 7.12. The van der Waals surface area contributed by atoms with E-state index in [-0.39, 0.29) is 0 Å². The standard InChI is InChI=1S/C17H25NO/c1-2-11-18-16-10-9-15-14(16)7-4-8-17(15)19-12-13-5-3-6-13/h4,7-8,13,16,18H,2-3,5-6,9-12H2,1H3. The number of benzene rings is 1. The third-order valence-electron chi connectivity index (χ3n) is 4.57. The van der Waals surface area contributed by atoms with Gasteiger partial charge < -0.3 is 10.1 Å². The minimum atomic E-state index is 0.544. The highest BCUT2D eigenvalue weighted by Gasteiger charge is 2.25. The summed E-state index contributed by atoms with van der Waals surface area (Å²) in [7, 11) is 0. The van der Waals surface area contributed by atoms with Crippen LogP contribution in [0.4, 0.5) is 0 Å². The summed E-state index contributed by atoms with van der Waals surface area (Å²) in [6.07, 6.45) is 7.69. The molecule has 0 spiro atoms. The Balaban J connectivity index is 1.67. The molecule has 0 amide bonds. The van der Waals surface area contributed by atoms with Crippen LogP contribution in [0.5, 0.6) is 5.75 Å². The Morgan fingerprint density at radius 1 is 1.26 bits per heavy atom. The van der Waals surface area contributed by atoms with E-state index < -0.39 is 0 Å². The zero-order valence-corrected chi connectivity index (χ0v) is 12.0. The first-order valence-electron chi connectivity index (χ1n) is 7.86. The van der Waals surface area contributed by atoms with Crippen molar-refractivity contribution in [1.82, 2.24) is 5.32 Å². The van der Waals surface area contributed by atoms with E-state index in [1.165, 1.54) is 43.2 Å².